The number of aromatic nitrogens is 2. The van der Waals surface area contributed by atoms with Gasteiger partial charge in [0.2, 0.25) is 5.75 Å². The molecule has 0 atom stereocenters. The minimum atomic E-state index is -0.812. The molecule has 2 N–H and O–H groups in total. The van der Waals surface area contributed by atoms with Gasteiger partial charge in [-0.3, -0.25) is 10.1 Å². The number of nitrogens with zero attached hydrogens (tertiary/aromatic N) is 3. The maximum Gasteiger partial charge on any atom is 0.327 e. The van der Waals surface area contributed by atoms with Crippen LogP contribution in [0, 0.1) is 15.9 Å². The number of methoxy groups -OCH3 is 1. The first-order valence-electron chi connectivity index (χ1n) is 9.68. The number of anilines is 2. The van der Waals surface area contributed by atoms with Gasteiger partial charge in [0.05, 0.1) is 33.3 Å². The van der Waals surface area contributed by atoms with Gasteiger partial charge in [0.1, 0.15) is 23.6 Å². The van der Waals surface area contributed by atoms with Crippen LogP contribution in [0.2, 0.25) is 10.0 Å². The molecule has 1 aromatic heterocycles. The Balaban J connectivity index is 1.88. The summed E-state index contributed by atoms with van der Waals surface area (Å²) in [5.74, 6) is -0.650. The van der Waals surface area contributed by atoms with Crippen molar-refractivity contribution in [3.8, 4) is 11.5 Å². The molecule has 3 aromatic rings. The van der Waals surface area contributed by atoms with Gasteiger partial charge < -0.3 is 20.1 Å². The van der Waals surface area contributed by atoms with Gasteiger partial charge in [-0.25, -0.2) is 14.4 Å². The largest absolute Gasteiger partial charge is 0.493 e. The van der Waals surface area contributed by atoms with Crippen molar-refractivity contribution in [2.45, 2.75) is 18.9 Å². The zero-order valence-corrected chi connectivity index (χ0v) is 18.3. The molecule has 0 radical (unpaired) electrons. The van der Waals surface area contributed by atoms with Crippen molar-refractivity contribution in [2.24, 2.45) is 0 Å². The number of hydrogen-bond donors (Lipinski definition) is 2. The van der Waals surface area contributed by atoms with Crippen molar-refractivity contribution < 1.29 is 18.8 Å². The van der Waals surface area contributed by atoms with Gasteiger partial charge in [-0.05, 0) is 38.1 Å². The third-order valence-electron chi connectivity index (χ3n) is 5.08. The number of ether oxygens (including phenoxy) is 2. The second-order valence-electron chi connectivity index (χ2n) is 7.05. The van der Waals surface area contributed by atoms with Crippen LogP contribution >= 0.6 is 23.2 Å². The van der Waals surface area contributed by atoms with Crippen molar-refractivity contribution in [3.05, 3.63) is 50.5 Å². The standard InChI is InChI=1S/C20H18Cl2FN5O4/c1-31-14-8-13-15(18(28(29)30)19(14)32-10-4-6-24-7-5-10)20(26-9-25-13)27-12-3-2-11(21)16(22)17(12)23/h2-3,8-10,24H,4-7H2,1H3,(H,25,26,27). The fourth-order valence-corrected chi connectivity index (χ4v) is 3.84. The van der Waals surface area contributed by atoms with E-state index in [9.17, 15) is 14.5 Å². The molecule has 4 rings (SSSR count). The van der Waals surface area contributed by atoms with Gasteiger partial charge >= 0.3 is 5.69 Å². The molecule has 1 aliphatic heterocycles. The maximum absolute atomic E-state index is 14.6. The van der Waals surface area contributed by atoms with Crippen LogP contribution in [0.4, 0.5) is 21.6 Å². The lowest BCUT2D eigenvalue weighted by Gasteiger charge is -2.24. The Morgan fingerprint density at radius 1 is 1.28 bits per heavy atom. The summed E-state index contributed by atoms with van der Waals surface area (Å²) in [6, 6.07) is 4.29. The maximum atomic E-state index is 14.6. The summed E-state index contributed by atoms with van der Waals surface area (Å²) in [6.07, 6.45) is 2.35. The molecule has 0 spiro atoms. The number of halogens is 3. The number of benzene rings is 2. The van der Waals surface area contributed by atoms with Crippen LogP contribution in [0.3, 0.4) is 0 Å². The smallest absolute Gasteiger partial charge is 0.327 e. The molecule has 12 heteroatoms. The molecule has 0 saturated carbocycles. The van der Waals surface area contributed by atoms with Crippen molar-refractivity contribution in [1.82, 2.24) is 15.3 Å². The number of fused-ring (bicyclic) bond motifs is 1. The fourth-order valence-electron chi connectivity index (χ4n) is 3.53. The van der Waals surface area contributed by atoms with Crippen molar-refractivity contribution in [3.63, 3.8) is 0 Å². The van der Waals surface area contributed by atoms with E-state index < -0.39 is 10.7 Å². The quantitative estimate of drug-likeness (QED) is 0.291. The topological polar surface area (TPSA) is 111 Å². The lowest BCUT2D eigenvalue weighted by molar-refractivity contribution is -0.384. The molecule has 9 nitrogen and oxygen atoms in total. The summed E-state index contributed by atoms with van der Waals surface area (Å²) in [5.41, 5.74) is -0.198. The number of rotatable bonds is 6. The Labute approximate surface area is 192 Å². The summed E-state index contributed by atoms with van der Waals surface area (Å²) in [5, 5.41) is 18.0. The Morgan fingerprint density at radius 2 is 2.03 bits per heavy atom. The molecule has 2 aromatic carbocycles. The Morgan fingerprint density at radius 3 is 2.72 bits per heavy atom. The predicted octanol–water partition coefficient (Wildman–Crippen LogP) is 4.87. The van der Waals surface area contributed by atoms with E-state index in [4.69, 9.17) is 32.7 Å². The normalized spacial score (nSPS) is 14.4. The van der Waals surface area contributed by atoms with E-state index in [1.807, 2.05) is 0 Å². The minimum Gasteiger partial charge on any atom is -0.493 e. The molecule has 1 fully saturated rings. The Hall–Kier alpha value is -2.95. The number of piperidine rings is 1. The number of nitro benzene ring substituents is 1. The SMILES string of the molecule is COc1cc2ncnc(Nc3ccc(Cl)c(Cl)c3F)c2c([N+](=O)[O-])c1OC1CCNCC1. The first kappa shape index (κ1) is 22.3. The van der Waals surface area contributed by atoms with Crippen LogP contribution in [-0.4, -0.2) is 41.2 Å². The van der Waals surface area contributed by atoms with E-state index in [0.717, 1.165) is 13.1 Å². The first-order chi connectivity index (χ1) is 15.4. The number of nitrogens with one attached hydrogen (secondary N) is 2. The number of hydrogen-bond acceptors (Lipinski definition) is 8. The highest BCUT2D eigenvalue weighted by Gasteiger charge is 2.31. The average Bonchev–Trinajstić information content (AvgIpc) is 2.79. The summed E-state index contributed by atoms with van der Waals surface area (Å²) in [6.45, 7) is 1.47. The van der Waals surface area contributed by atoms with Crippen LogP contribution in [0.1, 0.15) is 12.8 Å². The van der Waals surface area contributed by atoms with Crippen LogP contribution < -0.4 is 20.1 Å². The Kier molecular flexibility index (Phi) is 6.45. The summed E-state index contributed by atoms with van der Waals surface area (Å²) < 4.78 is 26.0. The molecule has 0 unspecified atom stereocenters. The second-order valence-corrected chi connectivity index (χ2v) is 7.83. The highest BCUT2D eigenvalue weighted by atomic mass is 35.5. The van der Waals surface area contributed by atoms with Crippen molar-refractivity contribution >= 4 is 51.3 Å². The summed E-state index contributed by atoms with van der Waals surface area (Å²) in [4.78, 5) is 19.8. The summed E-state index contributed by atoms with van der Waals surface area (Å²) in [7, 11) is 1.39. The monoisotopic (exact) mass is 481 g/mol. The molecule has 1 aliphatic rings. The zero-order valence-electron chi connectivity index (χ0n) is 16.8. The van der Waals surface area contributed by atoms with E-state index >= 15 is 0 Å². The van der Waals surface area contributed by atoms with Crippen LogP contribution in [0.25, 0.3) is 10.9 Å². The lowest BCUT2D eigenvalue weighted by atomic mass is 10.1. The molecule has 0 amide bonds. The molecular formula is C20H18Cl2FN5O4. The van der Waals surface area contributed by atoms with Gasteiger partial charge in [-0.2, -0.15) is 0 Å². The lowest BCUT2D eigenvalue weighted by Crippen LogP contribution is -2.34. The van der Waals surface area contributed by atoms with Crippen LogP contribution in [-0.2, 0) is 0 Å². The Bertz CT molecular complexity index is 1190. The van der Waals surface area contributed by atoms with Crippen LogP contribution in [0.15, 0.2) is 24.5 Å². The minimum absolute atomic E-state index is 0.0109. The molecule has 0 bridgehead atoms. The van der Waals surface area contributed by atoms with Gasteiger partial charge in [-0.1, -0.05) is 23.2 Å². The summed E-state index contributed by atoms with van der Waals surface area (Å²) >= 11 is 11.7. The van der Waals surface area contributed by atoms with Gasteiger partial charge in [0.15, 0.2) is 11.6 Å². The number of nitro groups is 1. The van der Waals surface area contributed by atoms with E-state index in [-0.39, 0.29) is 55.7 Å². The molecule has 168 valence electrons. The van der Waals surface area contributed by atoms with E-state index in [2.05, 4.69) is 20.6 Å². The highest BCUT2D eigenvalue weighted by molar-refractivity contribution is 6.42. The fraction of sp³-hybridized carbons (Fsp3) is 0.300. The van der Waals surface area contributed by atoms with Gasteiger partial charge in [0, 0.05) is 6.07 Å². The van der Waals surface area contributed by atoms with Crippen molar-refractivity contribution in [1.29, 1.82) is 0 Å². The molecular weight excluding hydrogens is 464 g/mol. The molecule has 32 heavy (non-hydrogen) atoms. The molecule has 2 heterocycles. The van der Waals surface area contributed by atoms with E-state index in [0.29, 0.717) is 12.8 Å². The van der Waals surface area contributed by atoms with Gasteiger partial charge in [-0.15, -0.1) is 0 Å². The van der Waals surface area contributed by atoms with E-state index in [1.54, 1.807) is 0 Å². The molecule has 0 aliphatic carbocycles. The van der Waals surface area contributed by atoms with Gasteiger partial charge in [0.25, 0.3) is 0 Å². The third-order valence-corrected chi connectivity index (χ3v) is 5.86. The predicted molar refractivity (Wildman–Crippen MR) is 119 cm³/mol. The molecule has 1 saturated heterocycles. The first-order valence-corrected chi connectivity index (χ1v) is 10.4. The third kappa shape index (κ3) is 4.21. The van der Waals surface area contributed by atoms with Crippen molar-refractivity contribution in [2.75, 3.05) is 25.5 Å². The van der Waals surface area contributed by atoms with E-state index in [1.165, 1.54) is 31.6 Å². The van der Waals surface area contributed by atoms with Crippen LogP contribution in [0.5, 0.6) is 11.5 Å². The zero-order chi connectivity index (χ0) is 22.8. The second kappa shape index (κ2) is 9.27. The highest BCUT2D eigenvalue weighted by Crippen LogP contribution is 2.46. The average molecular weight is 482 g/mol.